The lowest BCUT2D eigenvalue weighted by atomic mass is 9.91. The van der Waals surface area contributed by atoms with E-state index >= 15 is 0 Å². The van der Waals surface area contributed by atoms with Crippen molar-refractivity contribution in [2.45, 2.75) is 25.8 Å². The molecule has 1 atom stereocenters. The Balaban J connectivity index is 1.71. The fraction of sp³-hybridized carbons (Fsp3) is 0.500. The van der Waals surface area contributed by atoms with Gasteiger partial charge >= 0.3 is 0 Å². The molecule has 1 N–H and O–H groups in total. The summed E-state index contributed by atoms with van der Waals surface area (Å²) in [4.78, 5) is 25.2. The number of nitrogens with one attached hydrogen (secondary N) is 1. The largest absolute Gasteiger partial charge is 0.334 e. The molecule has 0 bridgehead atoms. The second-order valence-electron chi connectivity index (χ2n) is 6.80. The zero-order chi connectivity index (χ0) is 17.2. The molecule has 6 heteroatoms. The predicted molar refractivity (Wildman–Crippen MR) is 91.4 cm³/mol. The minimum absolute atomic E-state index is 0.0553. The highest BCUT2D eigenvalue weighted by molar-refractivity contribution is 5.83. The molecule has 1 heterocycles. The third-order valence-corrected chi connectivity index (χ3v) is 5.24. The lowest BCUT2D eigenvalue weighted by Crippen LogP contribution is -2.36. The molecule has 1 aromatic rings. The molecular weight excluding hydrogens is 306 g/mol. The number of carbonyl (C=O) groups is 1. The molecule has 1 aliphatic carbocycles. The van der Waals surface area contributed by atoms with Crippen molar-refractivity contribution in [3.05, 3.63) is 52.6 Å². The first kappa shape index (κ1) is 16.6. The Morgan fingerprint density at radius 3 is 2.88 bits per heavy atom. The molecule has 6 nitrogen and oxygen atoms in total. The van der Waals surface area contributed by atoms with Gasteiger partial charge in [0.2, 0.25) is 5.91 Å². The van der Waals surface area contributed by atoms with E-state index in [0.29, 0.717) is 13.1 Å². The molecule has 2 fully saturated rings. The maximum atomic E-state index is 12.9. The highest BCUT2D eigenvalue weighted by atomic mass is 16.6. The number of non-ortho nitro benzene ring substituents is 1. The van der Waals surface area contributed by atoms with Crippen LogP contribution in [0.15, 0.2) is 36.9 Å². The molecular formula is C18H23N3O3. The molecule has 24 heavy (non-hydrogen) atoms. The van der Waals surface area contributed by atoms with Crippen LogP contribution in [-0.4, -0.2) is 35.4 Å². The van der Waals surface area contributed by atoms with Gasteiger partial charge in [-0.15, -0.1) is 6.58 Å². The Bertz CT molecular complexity index is 653. The summed E-state index contributed by atoms with van der Waals surface area (Å²) in [6, 6.07) is 6.49. The van der Waals surface area contributed by atoms with Crippen molar-refractivity contribution in [3.63, 3.8) is 0 Å². The van der Waals surface area contributed by atoms with E-state index in [0.717, 1.165) is 37.9 Å². The van der Waals surface area contributed by atoms with Gasteiger partial charge in [0.1, 0.15) is 0 Å². The summed E-state index contributed by atoms with van der Waals surface area (Å²) in [6.07, 6.45) is 4.80. The third kappa shape index (κ3) is 3.33. The van der Waals surface area contributed by atoms with Crippen molar-refractivity contribution in [2.75, 3.05) is 19.6 Å². The average Bonchev–Trinajstić information content (AvgIpc) is 3.27. The molecule has 1 spiro atoms. The number of amides is 1. The van der Waals surface area contributed by atoms with Gasteiger partial charge in [0.15, 0.2) is 0 Å². The Hall–Kier alpha value is -2.21. The maximum Gasteiger partial charge on any atom is 0.269 e. The minimum atomic E-state index is -0.409. The summed E-state index contributed by atoms with van der Waals surface area (Å²) < 4.78 is 0. The van der Waals surface area contributed by atoms with Crippen molar-refractivity contribution in [1.82, 2.24) is 10.2 Å². The zero-order valence-electron chi connectivity index (χ0n) is 13.7. The molecule has 2 aliphatic rings. The van der Waals surface area contributed by atoms with E-state index in [1.807, 2.05) is 6.07 Å². The highest BCUT2D eigenvalue weighted by Gasteiger charge is 2.58. The SMILES string of the molecule is C=CCN(Cc1cccc([N+](=O)[O-])c1)C(=O)C1CC12CCNCC2. The standard InChI is InChI=1S/C18H23N3O3/c1-2-10-20(13-14-4-3-5-15(11-14)21(23)24)17(22)16-12-18(16)6-8-19-9-7-18/h2-5,11,16,19H,1,6-10,12-13H2. The molecule has 1 aliphatic heterocycles. The molecule has 1 unspecified atom stereocenters. The molecule has 1 aromatic carbocycles. The lowest BCUT2D eigenvalue weighted by Gasteiger charge is -2.26. The quantitative estimate of drug-likeness (QED) is 0.494. The summed E-state index contributed by atoms with van der Waals surface area (Å²) in [7, 11) is 0. The molecule has 1 amide bonds. The van der Waals surface area contributed by atoms with Crippen LogP contribution in [0.25, 0.3) is 0 Å². The van der Waals surface area contributed by atoms with Crippen molar-refractivity contribution in [3.8, 4) is 0 Å². The monoisotopic (exact) mass is 329 g/mol. The van der Waals surface area contributed by atoms with Gasteiger partial charge in [-0.3, -0.25) is 14.9 Å². The van der Waals surface area contributed by atoms with Crippen molar-refractivity contribution < 1.29 is 9.72 Å². The Labute approximate surface area is 141 Å². The number of carbonyl (C=O) groups excluding carboxylic acids is 1. The predicted octanol–water partition coefficient (Wildman–Crippen LogP) is 2.50. The van der Waals surface area contributed by atoms with E-state index in [9.17, 15) is 14.9 Å². The topological polar surface area (TPSA) is 75.5 Å². The smallest absolute Gasteiger partial charge is 0.269 e. The zero-order valence-corrected chi connectivity index (χ0v) is 13.7. The highest BCUT2D eigenvalue weighted by Crippen LogP contribution is 2.59. The van der Waals surface area contributed by atoms with Crippen molar-refractivity contribution >= 4 is 11.6 Å². The van der Waals surface area contributed by atoms with E-state index in [-0.39, 0.29) is 22.9 Å². The lowest BCUT2D eigenvalue weighted by molar-refractivity contribution is -0.384. The first-order valence-electron chi connectivity index (χ1n) is 8.39. The van der Waals surface area contributed by atoms with E-state index in [1.165, 1.54) is 12.1 Å². The summed E-state index contributed by atoms with van der Waals surface area (Å²) >= 11 is 0. The van der Waals surface area contributed by atoms with Gasteiger partial charge in [0.05, 0.1) is 4.92 Å². The van der Waals surface area contributed by atoms with E-state index in [4.69, 9.17) is 0 Å². The first-order valence-corrected chi connectivity index (χ1v) is 8.39. The number of hydrogen-bond donors (Lipinski definition) is 1. The van der Waals surface area contributed by atoms with Gasteiger partial charge in [-0.2, -0.15) is 0 Å². The molecule has 1 saturated carbocycles. The van der Waals surface area contributed by atoms with E-state index in [1.54, 1.807) is 17.0 Å². The van der Waals surface area contributed by atoms with Crippen LogP contribution in [0.4, 0.5) is 5.69 Å². The van der Waals surface area contributed by atoms with Gasteiger partial charge < -0.3 is 10.2 Å². The average molecular weight is 329 g/mol. The number of piperidine rings is 1. The maximum absolute atomic E-state index is 12.9. The molecule has 3 rings (SSSR count). The molecule has 0 radical (unpaired) electrons. The molecule has 1 saturated heterocycles. The summed E-state index contributed by atoms with van der Waals surface area (Å²) in [5, 5.41) is 14.3. The Morgan fingerprint density at radius 2 is 2.21 bits per heavy atom. The number of hydrogen-bond acceptors (Lipinski definition) is 4. The van der Waals surface area contributed by atoms with Crippen LogP contribution >= 0.6 is 0 Å². The fourth-order valence-corrected chi connectivity index (χ4v) is 3.77. The summed E-state index contributed by atoms with van der Waals surface area (Å²) in [5.41, 5.74) is 1.02. The fourth-order valence-electron chi connectivity index (χ4n) is 3.77. The Kier molecular flexibility index (Phi) is 4.66. The number of rotatable bonds is 6. The summed E-state index contributed by atoms with van der Waals surface area (Å²) in [6.45, 7) is 6.56. The normalized spacial score (nSPS) is 21.2. The van der Waals surface area contributed by atoms with Crippen LogP contribution in [0.1, 0.15) is 24.8 Å². The van der Waals surface area contributed by atoms with Gasteiger partial charge in [-0.05, 0) is 43.3 Å². The van der Waals surface area contributed by atoms with Crippen LogP contribution < -0.4 is 5.32 Å². The van der Waals surface area contributed by atoms with Gasteiger partial charge in [-0.25, -0.2) is 0 Å². The number of nitro benzene ring substituents is 1. The van der Waals surface area contributed by atoms with Crippen LogP contribution in [0.2, 0.25) is 0 Å². The van der Waals surface area contributed by atoms with Gasteiger partial charge in [0, 0.05) is 31.1 Å². The van der Waals surface area contributed by atoms with Crippen molar-refractivity contribution in [2.24, 2.45) is 11.3 Å². The number of nitro groups is 1. The van der Waals surface area contributed by atoms with Crippen LogP contribution in [-0.2, 0) is 11.3 Å². The Morgan fingerprint density at radius 1 is 1.46 bits per heavy atom. The minimum Gasteiger partial charge on any atom is -0.334 e. The molecule has 0 aromatic heterocycles. The third-order valence-electron chi connectivity index (χ3n) is 5.24. The molecule has 128 valence electrons. The second-order valence-corrected chi connectivity index (χ2v) is 6.80. The number of benzene rings is 1. The first-order chi connectivity index (χ1) is 11.6. The van der Waals surface area contributed by atoms with Gasteiger partial charge in [-0.1, -0.05) is 18.2 Å². The summed E-state index contributed by atoms with van der Waals surface area (Å²) in [5.74, 6) is 0.251. The van der Waals surface area contributed by atoms with Crippen molar-refractivity contribution in [1.29, 1.82) is 0 Å². The van der Waals surface area contributed by atoms with Crippen LogP contribution in [0, 0.1) is 21.4 Å². The van der Waals surface area contributed by atoms with E-state index < -0.39 is 4.92 Å². The van der Waals surface area contributed by atoms with Crippen LogP contribution in [0.3, 0.4) is 0 Å². The van der Waals surface area contributed by atoms with Gasteiger partial charge in [0.25, 0.3) is 5.69 Å². The second kappa shape index (κ2) is 6.73. The van der Waals surface area contributed by atoms with Crippen LogP contribution in [0.5, 0.6) is 0 Å². The number of nitrogens with zero attached hydrogens (tertiary/aromatic N) is 2. The van der Waals surface area contributed by atoms with E-state index in [2.05, 4.69) is 11.9 Å².